The van der Waals surface area contributed by atoms with Gasteiger partial charge in [-0.2, -0.15) is 35.3 Å². The molecule has 0 saturated carbocycles. The molecule has 0 amide bonds. The topological polar surface area (TPSA) is 78.9 Å². The molecule has 0 unspecified atom stereocenters. The first-order valence-corrected chi connectivity index (χ1v) is 23.7. The van der Waals surface area contributed by atoms with Crippen molar-refractivity contribution in [3.63, 3.8) is 0 Å². The van der Waals surface area contributed by atoms with Crippen molar-refractivity contribution < 1.29 is 26.9 Å². The van der Waals surface area contributed by atoms with Gasteiger partial charge in [-0.3, -0.25) is 14.4 Å². The Morgan fingerprint density at radius 2 is 0.787 bits per heavy atom. The average molecular weight is 882 g/mol. The van der Waals surface area contributed by atoms with E-state index in [1.54, 1.807) is 57.8 Å². The van der Waals surface area contributed by atoms with Crippen LogP contribution in [0.5, 0.6) is 0 Å². The second-order valence-corrected chi connectivity index (χ2v) is 17.6. The number of hydrogen-bond acceptors (Lipinski definition) is 12. The van der Waals surface area contributed by atoms with E-state index in [1.165, 1.54) is 94.3 Å². The fraction of sp³-hybridized carbons (Fsp3) is 0.912. The fourth-order valence-corrected chi connectivity index (χ4v) is 7.26. The van der Waals surface area contributed by atoms with Crippen molar-refractivity contribution in [2.24, 2.45) is 17.8 Å². The molecular weight excluding hydrogens is 815 g/mol. The van der Waals surface area contributed by atoms with Crippen LogP contribution in [-0.2, 0) is 65.7 Å². The van der Waals surface area contributed by atoms with Crippen molar-refractivity contribution in [1.82, 2.24) is 0 Å². The average Bonchev–Trinajstić information content (AvgIpc) is 3.03. The van der Waals surface area contributed by atoms with E-state index in [1.807, 2.05) is 0 Å². The molecular formula is C34H66O6S6Sn. The molecule has 0 radical (unpaired) electrons. The molecule has 0 aliphatic carbocycles. The number of rotatable bonds is 26. The van der Waals surface area contributed by atoms with Crippen molar-refractivity contribution >= 4 is 114 Å². The summed E-state index contributed by atoms with van der Waals surface area (Å²) >= 11 is 19.0. The van der Waals surface area contributed by atoms with Gasteiger partial charge in [0.15, 0.2) is 0 Å². The standard InChI is InChI=1S/3C10H20O2S2.C4H9.Sn/c3*1-9(2)6-4-3-5-7-14-8-10(11)12-13;1-3-4-2;/h3*9,13H,3-8H2,1-2H3;1,3-4H2,2H3;/q;;;;+3/p-3. The summed E-state index contributed by atoms with van der Waals surface area (Å²) in [6.07, 6.45) is 17.9. The van der Waals surface area contributed by atoms with Gasteiger partial charge in [0.25, 0.3) is 17.9 Å². The number of thioether (sulfide) groups is 3. The molecule has 0 aromatic rings. The molecule has 0 aliphatic rings. The Labute approximate surface area is 333 Å². The van der Waals surface area contributed by atoms with E-state index in [-0.39, 0.29) is 17.9 Å². The van der Waals surface area contributed by atoms with Gasteiger partial charge in [0.05, 0.1) is 17.3 Å². The predicted molar refractivity (Wildman–Crippen MR) is 218 cm³/mol. The van der Waals surface area contributed by atoms with Gasteiger partial charge < -0.3 is 51.3 Å². The number of carbonyl (C=O) groups excluding carboxylic acids is 3. The van der Waals surface area contributed by atoms with Crippen molar-refractivity contribution in [3.05, 3.63) is 0 Å². The quantitative estimate of drug-likeness (QED) is 0.0472. The fourth-order valence-electron chi connectivity index (χ4n) is 3.52. The molecule has 13 heteroatoms. The van der Waals surface area contributed by atoms with Crippen LogP contribution in [0.3, 0.4) is 0 Å². The SMILES string of the molecule is CC(C)CCCCCSCC(=O)O[S-].CC(C)CCCCCSCC(=O)O[S-].CC(C)CCCCCSCC(=O)O[S-].CCC[CH2][Sn+3]. The van der Waals surface area contributed by atoms with E-state index in [0.29, 0.717) is 17.3 Å². The summed E-state index contributed by atoms with van der Waals surface area (Å²) < 4.78 is 13.8. The van der Waals surface area contributed by atoms with Gasteiger partial charge >= 0.3 is 46.7 Å². The predicted octanol–water partition coefficient (Wildman–Crippen LogP) is 10.2. The molecule has 0 atom stereocenters. The van der Waals surface area contributed by atoms with Crippen LogP contribution >= 0.6 is 35.3 Å². The molecule has 0 saturated heterocycles. The Morgan fingerprint density at radius 1 is 0.511 bits per heavy atom. The molecule has 0 aromatic heterocycles. The van der Waals surface area contributed by atoms with Gasteiger partial charge in [0.2, 0.25) is 0 Å². The van der Waals surface area contributed by atoms with Crippen LogP contribution in [-0.4, -0.2) is 74.9 Å². The van der Waals surface area contributed by atoms with Gasteiger partial charge in [0, 0.05) is 0 Å². The maximum absolute atomic E-state index is 10.6. The Balaban J connectivity index is -0.000000275. The first-order valence-electron chi connectivity index (χ1n) is 17.3. The van der Waals surface area contributed by atoms with E-state index in [2.05, 4.69) is 99.7 Å². The Kier molecular flexibility index (Phi) is 55.4. The summed E-state index contributed by atoms with van der Waals surface area (Å²) in [6, 6.07) is 0. The second kappa shape index (κ2) is 47.3. The summed E-state index contributed by atoms with van der Waals surface area (Å²) in [5.74, 6) is 5.79. The monoisotopic (exact) mass is 882 g/mol. The molecule has 47 heavy (non-hydrogen) atoms. The van der Waals surface area contributed by atoms with Gasteiger partial charge in [-0.05, 0) is 54.3 Å². The van der Waals surface area contributed by atoms with Gasteiger partial charge in [-0.1, -0.05) is 99.3 Å². The van der Waals surface area contributed by atoms with E-state index < -0.39 is 0 Å². The van der Waals surface area contributed by atoms with Gasteiger partial charge in [-0.15, -0.1) is 0 Å². The summed E-state index contributed by atoms with van der Waals surface area (Å²) in [4.78, 5) is 31.9. The molecule has 0 aliphatic heterocycles. The van der Waals surface area contributed by atoms with Crippen LogP contribution in [0.2, 0.25) is 4.44 Å². The van der Waals surface area contributed by atoms with Crippen LogP contribution < -0.4 is 0 Å². The van der Waals surface area contributed by atoms with E-state index in [0.717, 1.165) is 35.0 Å². The van der Waals surface area contributed by atoms with Crippen LogP contribution in [0, 0.1) is 17.8 Å². The molecule has 0 spiro atoms. The number of carbonyl (C=O) groups is 3. The third kappa shape index (κ3) is 62.9. The first-order chi connectivity index (χ1) is 22.4. The molecule has 6 nitrogen and oxygen atoms in total. The summed E-state index contributed by atoms with van der Waals surface area (Å²) in [6.45, 7) is 15.7. The molecule has 0 heterocycles. The Morgan fingerprint density at radius 3 is 0.957 bits per heavy atom. The molecule has 0 N–H and O–H groups in total. The van der Waals surface area contributed by atoms with E-state index >= 15 is 0 Å². The minimum absolute atomic E-state index is 0.299. The number of hydrogen-bond donors (Lipinski definition) is 0. The molecule has 0 aromatic carbocycles. The van der Waals surface area contributed by atoms with E-state index in [9.17, 15) is 14.4 Å². The van der Waals surface area contributed by atoms with Crippen LogP contribution in [0.15, 0.2) is 0 Å². The van der Waals surface area contributed by atoms with Crippen LogP contribution in [0.1, 0.15) is 138 Å². The van der Waals surface area contributed by atoms with Crippen molar-refractivity contribution in [1.29, 1.82) is 0 Å². The summed E-state index contributed by atoms with van der Waals surface area (Å²) in [7, 11) is 0. The van der Waals surface area contributed by atoms with Gasteiger partial charge in [-0.25, -0.2) is 0 Å². The third-order valence-electron chi connectivity index (χ3n) is 6.18. The van der Waals surface area contributed by atoms with Crippen LogP contribution in [0.4, 0.5) is 0 Å². The van der Waals surface area contributed by atoms with Gasteiger partial charge in [0.1, 0.15) is 0 Å². The first kappa shape index (κ1) is 55.1. The molecule has 0 rings (SSSR count). The summed E-state index contributed by atoms with van der Waals surface area (Å²) in [5, 5.41) is 0. The Bertz CT molecular complexity index is 578. The normalized spacial score (nSPS) is 10.4. The van der Waals surface area contributed by atoms with Crippen LogP contribution in [0.25, 0.3) is 0 Å². The third-order valence-corrected chi connectivity index (χ3v) is 10.8. The zero-order valence-electron chi connectivity index (χ0n) is 30.5. The van der Waals surface area contributed by atoms with E-state index in [4.69, 9.17) is 0 Å². The summed E-state index contributed by atoms with van der Waals surface area (Å²) in [5.41, 5.74) is 0. The van der Waals surface area contributed by atoms with Crippen molar-refractivity contribution in [2.75, 3.05) is 34.5 Å². The second-order valence-electron chi connectivity index (χ2n) is 12.4. The zero-order valence-corrected chi connectivity index (χ0v) is 38.2. The molecule has 278 valence electrons. The van der Waals surface area contributed by atoms with Crippen molar-refractivity contribution in [2.45, 2.75) is 143 Å². The Hall–Kier alpha value is 1.31. The molecule has 0 bridgehead atoms. The molecule has 0 fully saturated rings. The zero-order chi connectivity index (χ0) is 36.6. The minimum atomic E-state index is -0.299. The van der Waals surface area contributed by atoms with Crippen molar-refractivity contribution in [3.8, 4) is 0 Å². The number of unbranched alkanes of at least 4 members (excludes halogenated alkanes) is 7. The maximum atomic E-state index is 10.6.